The number of likely N-dealkylation sites (tertiary alicyclic amines) is 1. The number of H-pyrrole nitrogens is 1. The van der Waals surface area contributed by atoms with Crippen molar-refractivity contribution in [2.24, 2.45) is 11.1 Å². The number of halogens is 2. The zero-order valence-corrected chi connectivity index (χ0v) is 13.9. The van der Waals surface area contributed by atoms with E-state index in [4.69, 9.17) is 5.73 Å². The first-order valence-electron chi connectivity index (χ1n) is 6.24. The van der Waals surface area contributed by atoms with Gasteiger partial charge in [0.1, 0.15) is 0 Å². The van der Waals surface area contributed by atoms with Gasteiger partial charge in [0.15, 0.2) is 0 Å². The lowest BCUT2D eigenvalue weighted by Gasteiger charge is -2.42. The molecule has 0 aliphatic carbocycles. The molecule has 0 bridgehead atoms. The normalized spacial score (nSPS) is 21.2. The van der Waals surface area contributed by atoms with Gasteiger partial charge in [-0.15, -0.1) is 12.4 Å². The van der Waals surface area contributed by atoms with Crippen LogP contribution in [-0.2, 0) is 0 Å². The Balaban J connectivity index is 0.00000200. The number of hydrogen-bond donors (Lipinski definition) is 2. The highest BCUT2D eigenvalue weighted by molar-refractivity contribution is 9.10. The van der Waals surface area contributed by atoms with Gasteiger partial charge >= 0.3 is 0 Å². The topological polar surface area (TPSA) is 79.2 Å². The van der Waals surface area contributed by atoms with Crippen LogP contribution >= 0.6 is 28.3 Å². The number of piperidine rings is 1. The van der Waals surface area contributed by atoms with Gasteiger partial charge in [0.05, 0.1) is 10.0 Å². The van der Waals surface area contributed by atoms with Gasteiger partial charge < -0.3 is 15.6 Å². The van der Waals surface area contributed by atoms with Gasteiger partial charge in [-0.3, -0.25) is 9.59 Å². The molecule has 1 fully saturated rings. The van der Waals surface area contributed by atoms with Crippen molar-refractivity contribution in [3.05, 3.63) is 32.7 Å². The number of carbonyl (C=O) groups is 1. The number of pyridine rings is 1. The molecule has 7 heteroatoms. The fourth-order valence-corrected chi connectivity index (χ4v) is 2.67. The summed E-state index contributed by atoms with van der Waals surface area (Å²) in [5.74, 6) is -0.0723. The number of carbonyl (C=O) groups excluding carboxylic acids is 1. The SMILES string of the molecule is CC1(C)CN(C(=O)c2c[nH]c(=O)c(Br)c2)CCC1N.Cl. The van der Waals surface area contributed by atoms with Gasteiger partial charge in [-0.2, -0.15) is 0 Å². The van der Waals surface area contributed by atoms with Gasteiger partial charge in [-0.25, -0.2) is 0 Å². The minimum absolute atomic E-state index is 0. The molecular formula is C13H19BrClN3O2. The fraction of sp³-hybridized carbons (Fsp3) is 0.538. The van der Waals surface area contributed by atoms with Crippen LogP contribution in [0.2, 0.25) is 0 Å². The van der Waals surface area contributed by atoms with E-state index in [1.54, 1.807) is 11.0 Å². The van der Waals surface area contributed by atoms with Crippen molar-refractivity contribution in [3.8, 4) is 0 Å². The number of nitrogens with one attached hydrogen (secondary N) is 1. The Kier molecular flexibility index (Phi) is 5.40. The summed E-state index contributed by atoms with van der Waals surface area (Å²) in [6.07, 6.45) is 2.25. The number of amides is 1. The maximum Gasteiger partial charge on any atom is 0.262 e. The minimum Gasteiger partial charge on any atom is -0.338 e. The molecule has 1 amide bonds. The molecule has 1 atom stereocenters. The second-order valence-corrected chi connectivity index (χ2v) is 6.53. The van der Waals surface area contributed by atoms with E-state index in [1.807, 2.05) is 0 Å². The van der Waals surface area contributed by atoms with E-state index in [-0.39, 0.29) is 35.3 Å². The smallest absolute Gasteiger partial charge is 0.262 e. The first-order chi connectivity index (χ1) is 8.81. The summed E-state index contributed by atoms with van der Waals surface area (Å²) in [6.45, 7) is 5.42. The zero-order chi connectivity index (χ0) is 14.2. The standard InChI is InChI=1S/C13H18BrN3O2.ClH/c1-13(2)7-17(4-3-10(13)15)12(19)8-5-9(14)11(18)16-6-8;/h5-6,10H,3-4,7,15H2,1-2H3,(H,16,18);1H. The van der Waals surface area contributed by atoms with Gasteiger partial charge in [-0.1, -0.05) is 13.8 Å². The largest absolute Gasteiger partial charge is 0.338 e. The fourth-order valence-electron chi connectivity index (χ4n) is 2.31. The second-order valence-electron chi connectivity index (χ2n) is 5.68. The number of nitrogens with zero attached hydrogens (tertiary/aromatic N) is 1. The number of aromatic amines is 1. The maximum absolute atomic E-state index is 12.4. The van der Waals surface area contributed by atoms with E-state index < -0.39 is 0 Å². The predicted octanol–water partition coefficient (Wildman–Crippen LogP) is 1.76. The average Bonchev–Trinajstić information content (AvgIpc) is 2.35. The lowest BCUT2D eigenvalue weighted by atomic mass is 9.79. The highest BCUT2D eigenvalue weighted by Gasteiger charge is 2.35. The van der Waals surface area contributed by atoms with Crippen LogP contribution in [-0.4, -0.2) is 34.9 Å². The summed E-state index contributed by atoms with van der Waals surface area (Å²) < 4.78 is 0.367. The quantitative estimate of drug-likeness (QED) is 0.797. The van der Waals surface area contributed by atoms with Crippen LogP contribution in [0.3, 0.4) is 0 Å². The molecule has 3 N–H and O–H groups in total. The van der Waals surface area contributed by atoms with E-state index >= 15 is 0 Å². The molecule has 1 aliphatic heterocycles. The van der Waals surface area contributed by atoms with E-state index in [0.717, 1.165) is 6.42 Å². The van der Waals surface area contributed by atoms with E-state index in [2.05, 4.69) is 34.8 Å². The van der Waals surface area contributed by atoms with Crippen LogP contribution in [0.25, 0.3) is 0 Å². The molecule has 2 heterocycles. The minimum atomic E-state index is -0.238. The Labute approximate surface area is 132 Å². The number of aromatic nitrogens is 1. The van der Waals surface area contributed by atoms with E-state index in [0.29, 0.717) is 23.1 Å². The molecule has 1 aromatic heterocycles. The van der Waals surface area contributed by atoms with Crippen LogP contribution in [0.4, 0.5) is 0 Å². The lowest BCUT2D eigenvalue weighted by molar-refractivity contribution is 0.0532. The number of nitrogens with two attached hydrogens (primary N) is 1. The van der Waals surface area contributed by atoms with Crippen LogP contribution in [0.1, 0.15) is 30.6 Å². The third kappa shape index (κ3) is 3.42. The first-order valence-corrected chi connectivity index (χ1v) is 7.03. The second kappa shape index (κ2) is 6.28. The van der Waals surface area contributed by atoms with Crippen molar-refractivity contribution in [2.75, 3.05) is 13.1 Å². The number of rotatable bonds is 1. The summed E-state index contributed by atoms with van der Waals surface area (Å²) in [7, 11) is 0. The van der Waals surface area contributed by atoms with E-state index in [1.165, 1.54) is 6.20 Å². The van der Waals surface area contributed by atoms with Crippen LogP contribution < -0.4 is 11.3 Å². The van der Waals surface area contributed by atoms with Crippen LogP contribution in [0, 0.1) is 5.41 Å². The van der Waals surface area contributed by atoms with Gasteiger partial charge in [0.2, 0.25) is 0 Å². The van der Waals surface area contributed by atoms with E-state index in [9.17, 15) is 9.59 Å². The van der Waals surface area contributed by atoms with Gasteiger partial charge in [-0.05, 0) is 33.8 Å². The molecule has 112 valence electrons. The summed E-state index contributed by atoms with van der Waals surface area (Å²) in [4.78, 5) is 28.0. The lowest BCUT2D eigenvalue weighted by Crippen LogP contribution is -2.54. The Bertz CT molecular complexity index is 559. The molecule has 0 saturated carbocycles. The molecule has 1 saturated heterocycles. The molecule has 2 rings (SSSR count). The molecule has 0 aromatic carbocycles. The van der Waals surface area contributed by atoms with Gasteiger partial charge in [0.25, 0.3) is 11.5 Å². The highest BCUT2D eigenvalue weighted by atomic mass is 79.9. The maximum atomic E-state index is 12.4. The van der Waals surface area contributed by atoms with Crippen LogP contribution in [0.15, 0.2) is 21.5 Å². The zero-order valence-electron chi connectivity index (χ0n) is 11.5. The molecule has 0 spiro atoms. The molecule has 1 aromatic rings. The molecule has 1 aliphatic rings. The Hall–Kier alpha value is -0.850. The molecular weight excluding hydrogens is 346 g/mol. The molecule has 5 nitrogen and oxygen atoms in total. The predicted molar refractivity (Wildman–Crippen MR) is 84.3 cm³/mol. The average molecular weight is 365 g/mol. The third-order valence-corrected chi connectivity index (χ3v) is 4.29. The first kappa shape index (κ1) is 17.2. The highest BCUT2D eigenvalue weighted by Crippen LogP contribution is 2.28. The molecule has 1 unspecified atom stereocenters. The Morgan fingerprint density at radius 3 is 2.75 bits per heavy atom. The van der Waals surface area contributed by atoms with Crippen molar-refractivity contribution in [3.63, 3.8) is 0 Å². The Morgan fingerprint density at radius 1 is 1.55 bits per heavy atom. The van der Waals surface area contributed by atoms with Crippen LogP contribution in [0.5, 0.6) is 0 Å². The monoisotopic (exact) mass is 363 g/mol. The third-order valence-electron chi connectivity index (χ3n) is 3.70. The Morgan fingerprint density at radius 2 is 2.20 bits per heavy atom. The van der Waals surface area contributed by atoms with Crippen molar-refractivity contribution in [2.45, 2.75) is 26.3 Å². The van der Waals surface area contributed by atoms with Crippen molar-refractivity contribution in [1.82, 2.24) is 9.88 Å². The van der Waals surface area contributed by atoms with Crippen molar-refractivity contribution < 1.29 is 4.79 Å². The summed E-state index contributed by atoms with van der Waals surface area (Å²) in [5, 5.41) is 0. The van der Waals surface area contributed by atoms with Crippen molar-refractivity contribution >= 4 is 34.2 Å². The number of hydrogen-bond acceptors (Lipinski definition) is 3. The van der Waals surface area contributed by atoms with Gasteiger partial charge in [0, 0.05) is 25.3 Å². The van der Waals surface area contributed by atoms with Crippen molar-refractivity contribution in [1.29, 1.82) is 0 Å². The summed E-state index contributed by atoms with van der Waals surface area (Å²) in [5.41, 5.74) is 6.22. The molecule has 20 heavy (non-hydrogen) atoms. The summed E-state index contributed by atoms with van der Waals surface area (Å²) in [6, 6.07) is 1.67. The molecule has 0 radical (unpaired) electrons. The summed E-state index contributed by atoms with van der Waals surface area (Å²) >= 11 is 3.14.